The van der Waals surface area contributed by atoms with Crippen LogP contribution in [0.4, 0.5) is 0 Å². The molecule has 32 heavy (non-hydrogen) atoms. The second-order valence-electron chi connectivity index (χ2n) is 8.76. The first kappa shape index (κ1) is 22.1. The van der Waals surface area contributed by atoms with E-state index in [1.54, 1.807) is 22.4 Å². The number of nitrogens with one attached hydrogen (secondary N) is 1. The number of hydrogen-bond donors (Lipinski definition) is 1. The van der Waals surface area contributed by atoms with E-state index >= 15 is 0 Å². The highest BCUT2D eigenvalue weighted by Crippen LogP contribution is 2.38. The summed E-state index contributed by atoms with van der Waals surface area (Å²) in [5, 5.41) is 5.20. The molecule has 1 fully saturated rings. The number of amides is 2. The number of benzene rings is 1. The molecule has 1 aliphatic heterocycles. The highest BCUT2D eigenvalue weighted by Gasteiger charge is 2.46. The van der Waals surface area contributed by atoms with Crippen LogP contribution in [0, 0.1) is 11.3 Å². The van der Waals surface area contributed by atoms with Gasteiger partial charge in [-0.15, -0.1) is 11.3 Å². The average Bonchev–Trinajstić information content (AvgIpc) is 3.49. The van der Waals surface area contributed by atoms with Crippen molar-refractivity contribution in [2.75, 3.05) is 19.6 Å². The Hall–Kier alpha value is -3.06. The zero-order valence-electron chi connectivity index (χ0n) is 18.5. The van der Waals surface area contributed by atoms with Crippen molar-refractivity contribution in [3.8, 4) is 10.4 Å². The zero-order valence-corrected chi connectivity index (χ0v) is 19.3. The van der Waals surface area contributed by atoms with E-state index in [0.29, 0.717) is 44.1 Å². The molecule has 0 saturated carbocycles. The normalized spacial score (nSPS) is 18.2. The third-order valence-corrected chi connectivity index (χ3v) is 6.81. The van der Waals surface area contributed by atoms with Crippen LogP contribution in [-0.4, -0.2) is 46.3 Å². The maximum atomic E-state index is 13.5. The lowest BCUT2D eigenvalue weighted by molar-refractivity contribution is -0.130. The number of aromatic nitrogens is 2. The van der Waals surface area contributed by atoms with Crippen LogP contribution in [0.25, 0.3) is 10.4 Å². The average molecular weight is 449 g/mol. The van der Waals surface area contributed by atoms with Gasteiger partial charge >= 0.3 is 0 Å². The highest BCUT2D eigenvalue weighted by atomic mass is 32.1. The van der Waals surface area contributed by atoms with Crippen LogP contribution in [-0.2, 0) is 11.2 Å². The first-order chi connectivity index (χ1) is 15.5. The minimum Gasteiger partial charge on any atom is -0.355 e. The second-order valence-corrected chi connectivity index (χ2v) is 9.71. The second kappa shape index (κ2) is 9.61. The molecule has 2 amide bonds. The van der Waals surface area contributed by atoms with E-state index in [0.717, 1.165) is 11.1 Å². The quantitative estimate of drug-likeness (QED) is 0.592. The van der Waals surface area contributed by atoms with E-state index in [1.807, 2.05) is 18.2 Å². The van der Waals surface area contributed by atoms with Gasteiger partial charge in [-0.2, -0.15) is 0 Å². The van der Waals surface area contributed by atoms with Crippen molar-refractivity contribution < 1.29 is 9.59 Å². The Morgan fingerprint density at radius 2 is 2.03 bits per heavy atom. The van der Waals surface area contributed by atoms with Crippen molar-refractivity contribution in [3.05, 3.63) is 71.6 Å². The molecule has 3 heterocycles. The maximum Gasteiger partial charge on any atom is 0.274 e. The number of carbonyl (C=O) groups is 2. The molecule has 3 aromatic rings. The molecule has 7 heteroatoms. The summed E-state index contributed by atoms with van der Waals surface area (Å²) in [6.07, 6.45) is 5.74. The van der Waals surface area contributed by atoms with Crippen molar-refractivity contribution in [2.45, 2.75) is 26.7 Å². The van der Waals surface area contributed by atoms with Crippen molar-refractivity contribution in [1.29, 1.82) is 0 Å². The SMILES string of the molecule is CC(C)CNC(=O)[C@]1(Cc2ccccc2-c2cccs2)CCN(C(=O)c2cnccn2)C1. The number of nitrogens with zero attached hydrogens (tertiary/aromatic N) is 3. The van der Waals surface area contributed by atoms with Gasteiger partial charge in [-0.25, -0.2) is 4.98 Å². The summed E-state index contributed by atoms with van der Waals surface area (Å²) in [5.41, 5.74) is 1.91. The standard InChI is InChI=1S/C25H28N4O2S/c1-18(2)15-28-24(31)25(9-12-29(17-25)23(30)21-16-26-10-11-27-21)14-19-6-3-4-7-20(19)22-8-5-13-32-22/h3-8,10-11,13,16,18H,9,12,14-15,17H2,1-2H3,(H,28,31)/t25-/m0/s1. The van der Waals surface area contributed by atoms with Crippen LogP contribution >= 0.6 is 11.3 Å². The van der Waals surface area contributed by atoms with Crippen molar-refractivity contribution in [3.63, 3.8) is 0 Å². The lowest BCUT2D eigenvalue weighted by Crippen LogP contribution is -2.46. The van der Waals surface area contributed by atoms with E-state index in [4.69, 9.17) is 0 Å². The predicted octanol–water partition coefficient (Wildman–Crippen LogP) is 4.05. The number of hydrogen-bond acceptors (Lipinski definition) is 5. The molecule has 6 nitrogen and oxygen atoms in total. The molecule has 1 aliphatic rings. The van der Waals surface area contributed by atoms with Gasteiger partial charge in [-0.3, -0.25) is 14.6 Å². The highest BCUT2D eigenvalue weighted by molar-refractivity contribution is 7.13. The van der Waals surface area contributed by atoms with Gasteiger partial charge in [-0.05, 0) is 41.3 Å². The Labute approximate surface area is 192 Å². The lowest BCUT2D eigenvalue weighted by Gasteiger charge is -2.29. The number of carbonyl (C=O) groups excluding carboxylic acids is 2. The van der Waals surface area contributed by atoms with E-state index in [9.17, 15) is 9.59 Å². The Morgan fingerprint density at radius 3 is 2.75 bits per heavy atom. The molecular formula is C25H28N4O2S. The van der Waals surface area contributed by atoms with E-state index in [2.05, 4.69) is 52.7 Å². The van der Waals surface area contributed by atoms with Crippen LogP contribution < -0.4 is 5.32 Å². The molecule has 4 rings (SSSR count). The molecule has 0 bridgehead atoms. The van der Waals surface area contributed by atoms with Gasteiger partial charge in [0.05, 0.1) is 11.6 Å². The minimum absolute atomic E-state index is 0.0154. The smallest absolute Gasteiger partial charge is 0.274 e. The molecule has 0 radical (unpaired) electrons. The fourth-order valence-electron chi connectivity index (χ4n) is 4.22. The molecule has 1 atom stereocenters. The van der Waals surface area contributed by atoms with E-state index < -0.39 is 5.41 Å². The van der Waals surface area contributed by atoms with E-state index in [1.165, 1.54) is 17.3 Å². The monoisotopic (exact) mass is 448 g/mol. The summed E-state index contributed by atoms with van der Waals surface area (Å²) in [6.45, 7) is 5.66. The minimum atomic E-state index is -0.680. The lowest BCUT2D eigenvalue weighted by atomic mass is 9.78. The Balaban J connectivity index is 1.63. The molecule has 1 saturated heterocycles. The largest absolute Gasteiger partial charge is 0.355 e. The molecule has 2 aromatic heterocycles. The van der Waals surface area contributed by atoms with Crippen LogP contribution in [0.15, 0.2) is 60.4 Å². The van der Waals surface area contributed by atoms with Crippen molar-refractivity contribution in [2.24, 2.45) is 11.3 Å². The first-order valence-corrected chi connectivity index (χ1v) is 11.8. The fourth-order valence-corrected chi connectivity index (χ4v) is 5.01. The maximum absolute atomic E-state index is 13.5. The van der Waals surface area contributed by atoms with Gasteiger partial charge in [0.1, 0.15) is 5.69 Å². The number of rotatable bonds is 7. The van der Waals surface area contributed by atoms with E-state index in [-0.39, 0.29) is 11.8 Å². The Morgan fingerprint density at radius 1 is 1.19 bits per heavy atom. The third-order valence-electron chi connectivity index (χ3n) is 5.91. The molecule has 1 aromatic carbocycles. The van der Waals surface area contributed by atoms with Crippen molar-refractivity contribution in [1.82, 2.24) is 20.2 Å². The van der Waals surface area contributed by atoms with Crippen molar-refractivity contribution >= 4 is 23.2 Å². The molecule has 0 spiro atoms. The number of thiophene rings is 1. The third kappa shape index (κ3) is 4.72. The van der Waals surface area contributed by atoms with Crippen LogP contribution in [0.1, 0.15) is 36.3 Å². The van der Waals surface area contributed by atoms with Gasteiger partial charge < -0.3 is 10.2 Å². The Kier molecular flexibility index (Phi) is 6.65. The summed E-state index contributed by atoms with van der Waals surface area (Å²) in [5.74, 6) is 0.193. The van der Waals surface area contributed by atoms with Gasteiger partial charge in [0.25, 0.3) is 5.91 Å². The summed E-state index contributed by atoms with van der Waals surface area (Å²) >= 11 is 1.69. The summed E-state index contributed by atoms with van der Waals surface area (Å²) < 4.78 is 0. The molecule has 166 valence electrons. The van der Waals surface area contributed by atoms with Gasteiger partial charge in [-0.1, -0.05) is 44.2 Å². The van der Waals surface area contributed by atoms with Crippen LogP contribution in [0.3, 0.4) is 0 Å². The van der Waals surface area contributed by atoms with Crippen LogP contribution in [0.5, 0.6) is 0 Å². The summed E-state index contributed by atoms with van der Waals surface area (Å²) in [4.78, 5) is 37.6. The topological polar surface area (TPSA) is 75.2 Å². The summed E-state index contributed by atoms with van der Waals surface area (Å²) in [6, 6.07) is 12.4. The molecular weight excluding hydrogens is 420 g/mol. The van der Waals surface area contributed by atoms with Gasteiger partial charge in [0, 0.05) is 36.9 Å². The van der Waals surface area contributed by atoms with Crippen LogP contribution in [0.2, 0.25) is 0 Å². The first-order valence-electron chi connectivity index (χ1n) is 10.9. The molecule has 0 unspecified atom stereocenters. The Bertz CT molecular complexity index is 1070. The zero-order chi connectivity index (χ0) is 22.6. The summed E-state index contributed by atoms with van der Waals surface area (Å²) in [7, 11) is 0. The molecule has 1 N–H and O–H groups in total. The predicted molar refractivity (Wildman–Crippen MR) is 126 cm³/mol. The fraction of sp³-hybridized carbons (Fsp3) is 0.360. The molecule has 0 aliphatic carbocycles. The number of likely N-dealkylation sites (tertiary alicyclic amines) is 1. The van der Waals surface area contributed by atoms with Gasteiger partial charge in [0.15, 0.2) is 0 Å². The van der Waals surface area contributed by atoms with Gasteiger partial charge in [0.2, 0.25) is 5.91 Å².